The van der Waals surface area contributed by atoms with Gasteiger partial charge in [0.2, 0.25) is 0 Å². The Morgan fingerprint density at radius 3 is 2.88 bits per heavy atom. The average molecular weight is 325 g/mol. The van der Waals surface area contributed by atoms with Gasteiger partial charge < -0.3 is 10.1 Å². The summed E-state index contributed by atoms with van der Waals surface area (Å²) < 4.78 is 5.27. The van der Waals surface area contributed by atoms with E-state index in [-0.39, 0.29) is 0 Å². The number of pyridine rings is 1. The molecule has 1 aliphatic rings. The molecule has 2 unspecified atom stereocenters. The zero-order chi connectivity index (χ0) is 16.9. The van der Waals surface area contributed by atoms with Crippen LogP contribution in [0.1, 0.15) is 30.5 Å². The fourth-order valence-electron chi connectivity index (χ4n) is 3.32. The molecule has 3 rings (SSSR count). The topological polar surface area (TPSA) is 54.5 Å². The molecule has 2 aromatic rings. The summed E-state index contributed by atoms with van der Waals surface area (Å²) in [5, 5.41) is 2.47. The van der Waals surface area contributed by atoms with E-state index in [4.69, 9.17) is 4.74 Å². The zero-order valence-corrected chi connectivity index (χ0v) is 14.1. The van der Waals surface area contributed by atoms with E-state index in [0.717, 1.165) is 19.5 Å². The largest absolute Gasteiger partial charge is 0.412 e. The van der Waals surface area contributed by atoms with Crippen LogP contribution in [0.5, 0.6) is 5.75 Å². The molecule has 126 valence electrons. The van der Waals surface area contributed by atoms with Crippen molar-refractivity contribution in [3.8, 4) is 5.75 Å². The van der Waals surface area contributed by atoms with Gasteiger partial charge in [0.1, 0.15) is 5.75 Å². The Labute approximate surface area is 142 Å². The molecule has 5 heteroatoms. The van der Waals surface area contributed by atoms with Gasteiger partial charge in [-0.3, -0.25) is 9.88 Å². The predicted octanol–water partition coefficient (Wildman–Crippen LogP) is 3.38. The minimum atomic E-state index is -0.444. The van der Waals surface area contributed by atoms with Crippen LogP contribution in [0.3, 0.4) is 0 Å². The smallest absolute Gasteiger partial charge is 0.410 e. The van der Waals surface area contributed by atoms with Gasteiger partial charge in [-0.15, -0.1) is 0 Å². The van der Waals surface area contributed by atoms with E-state index >= 15 is 0 Å². The van der Waals surface area contributed by atoms with Crippen molar-refractivity contribution in [2.75, 3.05) is 13.6 Å². The molecule has 1 aliphatic heterocycles. The van der Waals surface area contributed by atoms with Crippen molar-refractivity contribution in [2.24, 2.45) is 5.92 Å². The number of amides is 1. The van der Waals surface area contributed by atoms with E-state index in [1.807, 2.05) is 30.6 Å². The molecule has 1 N–H and O–H groups in total. The van der Waals surface area contributed by atoms with Crippen LogP contribution in [0.4, 0.5) is 4.79 Å². The van der Waals surface area contributed by atoms with Crippen LogP contribution >= 0.6 is 0 Å². The fraction of sp³-hybridized carbons (Fsp3) is 0.368. The highest BCUT2D eigenvalue weighted by molar-refractivity contribution is 5.69. The van der Waals surface area contributed by atoms with Crippen LogP contribution in [-0.2, 0) is 6.54 Å². The molecule has 0 saturated carbocycles. The lowest BCUT2D eigenvalue weighted by Crippen LogP contribution is -2.24. The maximum absolute atomic E-state index is 11.4. The minimum Gasteiger partial charge on any atom is -0.410 e. The number of hydrogen-bond acceptors (Lipinski definition) is 4. The summed E-state index contributed by atoms with van der Waals surface area (Å²) in [5.41, 5.74) is 2.46. The first-order valence-corrected chi connectivity index (χ1v) is 8.28. The van der Waals surface area contributed by atoms with Gasteiger partial charge in [0.15, 0.2) is 0 Å². The molecule has 1 amide bonds. The van der Waals surface area contributed by atoms with Crippen LogP contribution in [0.15, 0.2) is 48.8 Å². The van der Waals surface area contributed by atoms with Gasteiger partial charge in [-0.1, -0.05) is 19.1 Å². The molecular weight excluding hydrogens is 302 g/mol. The first-order valence-electron chi connectivity index (χ1n) is 8.28. The summed E-state index contributed by atoms with van der Waals surface area (Å²) in [5.74, 6) is 1.22. The van der Waals surface area contributed by atoms with Crippen LogP contribution in [0.25, 0.3) is 0 Å². The van der Waals surface area contributed by atoms with Gasteiger partial charge in [-0.2, -0.15) is 0 Å². The molecule has 24 heavy (non-hydrogen) atoms. The van der Waals surface area contributed by atoms with E-state index in [1.54, 1.807) is 7.05 Å². The van der Waals surface area contributed by atoms with Crippen molar-refractivity contribution in [3.05, 3.63) is 59.9 Å². The van der Waals surface area contributed by atoms with Crippen LogP contribution < -0.4 is 10.1 Å². The third-order valence-electron chi connectivity index (χ3n) is 4.41. The Kier molecular flexibility index (Phi) is 5.11. The van der Waals surface area contributed by atoms with E-state index < -0.39 is 6.09 Å². The molecule has 0 spiro atoms. The third-order valence-corrected chi connectivity index (χ3v) is 4.41. The van der Waals surface area contributed by atoms with Gasteiger partial charge in [-0.25, -0.2) is 4.79 Å². The quantitative estimate of drug-likeness (QED) is 0.936. The first kappa shape index (κ1) is 16.5. The van der Waals surface area contributed by atoms with Gasteiger partial charge in [0, 0.05) is 38.6 Å². The Balaban J connectivity index is 1.78. The van der Waals surface area contributed by atoms with E-state index in [1.165, 1.54) is 11.1 Å². The van der Waals surface area contributed by atoms with Crippen LogP contribution in [-0.4, -0.2) is 29.6 Å². The molecule has 0 aliphatic carbocycles. The molecule has 1 fully saturated rings. The summed E-state index contributed by atoms with van der Waals surface area (Å²) in [6, 6.07) is 12.3. The second-order valence-corrected chi connectivity index (χ2v) is 6.35. The first-order chi connectivity index (χ1) is 11.7. The normalized spacial score (nSPS) is 20.8. The molecule has 0 bridgehead atoms. The van der Waals surface area contributed by atoms with E-state index in [0.29, 0.717) is 17.7 Å². The number of likely N-dealkylation sites (tertiary alicyclic amines) is 1. The second-order valence-electron chi connectivity index (χ2n) is 6.35. The predicted molar refractivity (Wildman–Crippen MR) is 92.7 cm³/mol. The molecular formula is C19H23N3O2. The standard InChI is InChI=1S/C19H23N3O2/c1-14-10-18(22(12-14)13-15-6-8-21-9-7-15)16-4-3-5-17(11-16)24-19(23)20-2/h3-9,11,14,18H,10,12-13H2,1-2H3,(H,20,23). The second kappa shape index (κ2) is 7.45. The SMILES string of the molecule is CNC(=O)Oc1cccc(C2CC(C)CN2Cc2ccncc2)c1. The van der Waals surface area contributed by atoms with E-state index in [2.05, 4.69) is 40.3 Å². The van der Waals surface area contributed by atoms with Gasteiger partial charge in [-0.05, 0) is 47.7 Å². The fourth-order valence-corrected chi connectivity index (χ4v) is 3.32. The number of nitrogens with one attached hydrogen (secondary N) is 1. The Morgan fingerprint density at radius 1 is 1.33 bits per heavy atom. The average Bonchev–Trinajstić information content (AvgIpc) is 2.96. The van der Waals surface area contributed by atoms with Crippen molar-refractivity contribution < 1.29 is 9.53 Å². The van der Waals surface area contributed by atoms with Crippen molar-refractivity contribution in [3.63, 3.8) is 0 Å². The maximum atomic E-state index is 11.4. The lowest BCUT2D eigenvalue weighted by atomic mass is 10.0. The number of rotatable bonds is 4. The van der Waals surface area contributed by atoms with Crippen molar-refractivity contribution >= 4 is 6.09 Å². The molecule has 1 aromatic heterocycles. The Morgan fingerprint density at radius 2 is 2.12 bits per heavy atom. The summed E-state index contributed by atoms with van der Waals surface area (Å²) in [6.07, 6.45) is 4.33. The molecule has 1 aromatic carbocycles. The Hall–Kier alpha value is -2.40. The Bertz CT molecular complexity index is 690. The summed E-state index contributed by atoms with van der Waals surface area (Å²) in [7, 11) is 1.56. The molecule has 2 heterocycles. The van der Waals surface area contributed by atoms with Crippen molar-refractivity contribution in [1.82, 2.24) is 15.2 Å². The van der Waals surface area contributed by atoms with Crippen molar-refractivity contribution in [2.45, 2.75) is 25.9 Å². The highest BCUT2D eigenvalue weighted by atomic mass is 16.5. The highest BCUT2D eigenvalue weighted by Crippen LogP contribution is 2.37. The van der Waals surface area contributed by atoms with Crippen LogP contribution in [0, 0.1) is 5.92 Å². The lowest BCUT2D eigenvalue weighted by Gasteiger charge is -2.25. The minimum absolute atomic E-state index is 0.335. The summed E-state index contributed by atoms with van der Waals surface area (Å²) in [6.45, 7) is 4.25. The number of nitrogens with zero attached hydrogens (tertiary/aromatic N) is 2. The number of ether oxygens (including phenoxy) is 1. The van der Waals surface area contributed by atoms with Crippen molar-refractivity contribution in [1.29, 1.82) is 0 Å². The lowest BCUT2D eigenvalue weighted by molar-refractivity contribution is 0.202. The number of carbonyl (C=O) groups excluding carboxylic acids is 1. The number of aromatic nitrogens is 1. The molecule has 2 atom stereocenters. The highest BCUT2D eigenvalue weighted by Gasteiger charge is 2.30. The summed E-state index contributed by atoms with van der Waals surface area (Å²) >= 11 is 0. The van der Waals surface area contributed by atoms with Crippen LogP contribution in [0.2, 0.25) is 0 Å². The molecule has 1 saturated heterocycles. The van der Waals surface area contributed by atoms with Gasteiger partial charge >= 0.3 is 6.09 Å². The number of benzene rings is 1. The van der Waals surface area contributed by atoms with Gasteiger partial charge in [0.25, 0.3) is 0 Å². The van der Waals surface area contributed by atoms with E-state index in [9.17, 15) is 4.79 Å². The number of hydrogen-bond donors (Lipinski definition) is 1. The monoisotopic (exact) mass is 325 g/mol. The third kappa shape index (κ3) is 3.92. The zero-order valence-electron chi connectivity index (χ0n) is 14.1. The number of carbonyl (C=O) groups is 1. The summed E-state index contributed by atoms with van der Waals surface area (Å²) in [4.78, 5) is 18.0. The maximum Gasteiger partial charge on any atom is 0.412 e. The molecule has 5 nitrogen and oxygen atoms in total. The van der Waals surface area contributed by atoms with Gasteiger partial charge in [0.05, 0.1) is 0 Å². The molecule has 0 radical (unpaired) electrons.